The Bertz CT molecular complexity index is 1180. The van der Waals surface area contributed by atoms with Gasteiger partial charge in [-0.3, -0.25) is 4.79 Å². The molecule has 27 heavy (non-hydrogen) atoms. The number of amides is 1. The quantitative estimate of drug-likeness (QED) is 0.574. The molecule has 0 saturated heterocycles. The monoisotopic (exact) mass is 356 g/mol. The van der Waals surface area contributed by atoms with Gasteiger partial charge in [-0.15, -0.1) is 0 Å². The maximum absolute atomic E-state index is 13.5. The molecule has 134 valence electrons. The van der Waals surface area contributed by atoms with Crippen molar-refractivity contribution in [2.45, 2.75) is 13.0 Å². The van der Waals surface area contributed by atoms with Crippen molar-refractivity contribution in [3.63, 3.8) is 0 Å². The van der Waals surface area contributed by atoms with Crippen molar-refractivity contribution in [1.82, 2.24) is 9.88 Å². The third-order valence-corrected chi connectivity index (χ3v) is 5.49. The molecule has 5 rings (SSSR count). The van der Waals surface area contributed by atoms with Crippen LogP contribution in [-0.4, -0.2) is 29.4 Å². The standard InChI is InChI=1S/C23H20N2O2/c1-27-21-11-10-15-6-2-3-7-16(15)22(21)23(26)25-13-12-20-18(14-25)17-8-4-5-9-19(17)24-20/h2-11,24H,12-14H2,1H3. The number of methoxy groups -OCH3 is 1. The van der Waals surface area contributed by atoms with Gasteiger partial charge in [0.25, 0.3) is 5.91 Å². The molecule has 0 fully saturated rings. The number of benzene rings is 3. The minimum Gasteiger partial charge on any atom is -0.496 e. The molecule has 0 radical (unpaired) electrons. The number of ether oxygens (including phenoxy) is 1. The van der Waals surface area contributed by atoms with Gasteiger partial charge < -0.3 is 14.6 Å². The van der Waals surface area contributed by atoms with Gasteiger partial charge in [-0.2, -0.15) is 0 Å². The van der Waals surface area contributed by atoms with E-state index in [9.17, 15) is 4.79 Å². The first kappa shape index (κ1) is 15.9. The Hall–Kier alpha value is -3.27. The highest BCUT2D eigenvalue weighted by Crippen LogP contribution is 2.32. The van der Waals surface area contributed by atoms with Crippen molar-refractivity contribution in [1.29, 1.82) is 0 Å². The van der Waals surface area contributed by atoms with Gasteiger partial charge in [0.05, 0.1) is 12.7 Å². The average Bonchev–Trinajstić information content (AvgIpc) is 3.10. The lowest BCUT2D eigenvalue weighted by molar-refractivity contribution is 0.0734. The zero-order chi connectivity index (χ0) is 18.4. The van der Waals surface area contributed by atoms with Gasteiger partial charge in [0.2, 0.25) is 0 Å². The van der Waals surface area contributed by atoms with Crippen molar-refractivity contribution < 1.29 is 9.53 Å². The Morgan fingerprint density at radius 2 is 1.78 bits per heavy atom. The van der Waals surface area contributed by atoms with Gasteiger partial charge in [0.15, 0.2) is 0 Å². The SMILES string of the molecule is COc1ccc2ccccc2c1C(=O)N1CCc2[nH]c3ccccc3c2C1. The number of nitrogens with one attached hydrogen (secondary N) is 1. The number of hydrogen-bond donors (Lipinski definition) is 1. The van der Waals surface area contributed by atoms with Crippen LogP contribution >= 0.6 is 0 Å². The van der Waals surface area contributed by atoms with Gasteiger partial charge >= 0.3 is 0 Å². The minimum atomic E-state index is 0.0274. The molecule has 4 aromatic rings. The Kier molecular flexibility index (Phi) is 3.64. The number of fused-ring (bicyclic) bond motifs is 4. The summed E-state index contributed by atoms with van der Waals surface area (Å²) in [6, 6.07) is 20.2. The molecule has 4 heteroatoms. The first-order chi connectivity index (χ1) is 13.3. The summed E-state index contributed by atoms with van der Waals surface area (Å²) < 4.78 is 5.54. The number of hydrogen-bond acceptors (Lipinski definition) is 2. The number of carbonyl (C=O) groups is 1. The van der Waals surface area contributed by atoms with Gasteiger partial charge in [0.1, 0.15) is 5.75 Å². The highest BCUT2D eigenvalue weighted by molar-refractivity contribution is 6.09. The molecule has 0 bridgehead atoms. The molecule has 0 atom stereocenters. The van der Waals surface area contributed by atoms with Crippen LogP contribution in [0.5, 0.6) is 5.75 Å². The molecule has 2 heterocycles. The van der Waals surface area contributed by atoms with Crippen molar-refractivity contribution in [3.8, 4) is 5.75 Å². The zero-order valence-corrected chi connectivity index (χ0v) is 15.2. The van der Waals surface area contributed by atoms with E-state index in [-0.39, 0.29) is 5.91 Å². The number of nitrogens with zero attached hydrogens (tertiary/aromatic N) is 1. The van der Waals surface area contributed by atoms with Crippen LogP contribution in [0.1, 0.15) is 21.6 Å². The largest absolute Gasteiger partial charge is 0.496 e. The third-order valence-electron chi connectivity index (χ3n) is 5.49. The summed E-state index contributed by atoms with van der Waals surface area (Å²) in [5.41, 5.74) is 4.26. The molecule has 1 aliphatic rings. The number of para-hydroxylation sites is 1. The first-order valence-corrected chi connectivity index (χ1v) is 9.20. The van der Waals surface area contributed by atoms with Crippen LogP contribution in [0, 0.1) is 0 Å². The number of carbonyl (C=O) groups excluding carboxylic acids is 1. The molecule has 3 aromatic carbocycles. The molecule has 0 unspecified atom stereocenters. The van der Waals surface area contributed by atoms with Crippen LogP contribution < -0.4 is 4.74 Å². The van der Waals surface area contributed by atoms with Gasteiger partial charge in [0, 0.05) is 41.7 Å². The molecule has 0 spiro atoms. The van der Waals surface area contributed by atoms with Gasteiger partial charge in [-0.25, -0.2) is 0 Å². The molecule has 0 aliphatic carbocycles. The number of H-pyrrole nitrogens is 1. The third kappa shape index (κ3) is 2.48. The normalized spacial score (nSPS) is 13.7. The maximum atomic E-state index is 13.5. The van der Waals surface area contributed by atoms with E-state index in [1.807, 2.05) is 53.4 Å². The summed E-state index contributed by atoms with van der Waals surface area (Å²) in [7, 11) is 1.62. The Labute approximate surface area is 157 Å². The van der Waals surface area contributed by atoms with Gasteiger partial charge in [-0.05, 0) is 22.9 Å². The van der Waals surface area contributed by atoms with Crippen molar-refractivity contribution in [2.75, 3.05) is 13.7 Å². The average molecular weight is 356 g/mol. The molecular weight excluding hydrogens is 336 g/mol. The van der Waals surface area contributed by atoms with E-state index in [0.29, 0.717) is 24.4 Å². The van der Waals surface area contributed by atoms with E-state index in [1.165, 1.54) is 16.6 Å². The van der Waals surface area contributed by atoms with Crippen molar-refractivity contribution in [3.05, 3.63) is 77.5 Å². The number of rotatable bonds is 2. The Balaban J connectivity index is 1.58. The molecule has 1 aromatic heterocycles. The summed E-state index contributed by atoms with van der Waals surface area (Å²) in [4.78, 5) is 18.9. The minimum absolute atomic E-state index is 0.0274. The zero-order valence-electron chi connectivity index (χ0n) is 15.2. The molecule has 1 amide bonds. The fraction of sp³-hybridized carbons (Fsp3) is 0.174. The molecule has 1 N–H and O–H groups in total. The second-order valence-corrected chi connectivity index (χ2v) is 6.97. The lowest BCUT2D eigenvalue weighted by Crippen LogP contribution is -2.36. The van der Waals surface area contributed by atoms with E-state index < -0.39 is 0 Å². The summed E-state index contributed by atoms with van der Waals surface area (Å²) >= 11 is 0. The van der Waals surface area contributed by atoms with Crippen molar-refractivity contribution >= 4 is 27.6 Å². The Morgan fingerprint density at radius 1 is 1.00 bits per heavy atom. The topological polar surface area (TPSA) is 45.3 Å². The lowest BCUT2D eigenvalue weighted by Gasteiger charge is -2.28. The van der Waals surface area contributed by atoms with Crippen LogP contribution in [0.4, 0.5) is 0 Å². The first-order valence-electron chi connectivity index (χ1n) is 9.20. The lowest BCUT2D eigenvalue weighted by atomic mass is 10.00. The van der Waals surface area contributed by atoms with Crippen LogP contribution in [0.25, 0.3) is 21.7 Å². The van der Waals surface area contributed by atoms with E-state index >= 15 is 0 Å². The highest BCUT2D eigenvalue weighted by atomic mass is 16.5. The highest BCUT2D eigenvalue weighted by Gasteiger charge is 2.27. The molecule has 1 aliphatic heterocycles. The van der Waals surface area contributed by atoms with Gasteiger partial charge in [-0.1, -0.05) is 48.5 Å². The van der Waals surface area contributed by atoms with Crippen molar-refractivity contribution in [2.24, 2.45) is 0 Å². The smallest absolute Gasteiger partial charge is 0.258 e. The summed E-state index contributed by atoms with van der Waals surface area (Å²) in [6.45, 7) is 1.32. The van der Waals surface area contributed by atoms with E-state index in [0.717, 1.165) is 22.7 Å². The van der Waals surface area contributed by atoms with Crippen LogP contribution in [0.3, 0.4) is 0 Å². The predicted molar refractivity (Wildman–Crippen MR) is 107 cm³/mol. The number of aromatic nitrogens is 1. The summed E-state index contributed by atoms with van der Waals surface area (Å²) in [5, 5.41) is 3.19. The van der Waals surface area contributed by atoms with E-state index in [1.54, 1.807) is 7.11 Å². The van der Waals surface area contributed by atoms with E-state index in [2.05, 4.69) is 17.1 Å². The fourth-order valence-electron chi connectivity index (χ4n) is 4.14. The summed E-state index contributed by atoms with van der Waals surface area (Å²) in [5.74, 6) is 0.656. The second-order valence-electron chi connectivity index (χ2n) is 6.97. The summed E-state index contributed by atoms with van der Waals surface area (Å²) in [6.07, 6.45) is 0.836. The van der Waals surface area contributed by atoms with Crippen LogP contribution in [0.2, 0.25) is 0 Å². The predicted octanol–water partition coefficient (Wildman–Crippen LogP) is 4.53. The second kappa shape index (κ2) is 6.16. The fourth-order valence-corrected chi connectivity index (χ4v) is 4.14. The molecule has 4 nitrogen and oxygen atoms in total. The van der Waals surface area contributed by atoms with E-state index in [4.69, 9.17) is 4.74 Å². The number of aromatic amines is 1. The molecule has 0 saturated carbocycles. The maximum Gasteiger partial charge on any atom is 0.258 e. The Morgan fingerprint density at radius 3 is 2.63 bits per heavy atom. The van der Waals surface area contributed by atoms with Crippen LogP contribution in [0.15, 0.2) is 60.7 Å². The molecular formula is C23H20N2O2. The van der Waals surface area contributed by atoms with Crippen LogP contribution in [-0.2, 0) is 13.0 Å².